The number of aromatic nitrogens is 2. The highest BCUT2D eigenvalue weighted by molar-refractivity contribution is 7.18. The minimum atomic E-state index is -0.804. The summed E-state index contributed by atoms with van der Waals surface area (Å²) >= 11 is 1.37. The first-order valence-corrected chi connectivity index (χ1v) is 6.88. The molecule has 0 aliphatic rings. The van der Waals surface area contributed by atoms with Crippen molar-refractivity contribution in [3.8, 4) is 6.07 Å². The van der Waals surface area contributed by atoms with E-state index < -0.39 is 5.92 Å². The van der Waals surface area contributed by atoms with Gasteiger partial charge in [-0.25, -0.2) is 4.98 Å². The van der Waals surface area contributed by atoms with Gasteiger partial charge in [-0.1, -0.05) is 12.1 Å². The monoisotopic (exact) mass is 297 g/mol. The normalized spacial score (nSPS) is 12.0. The Morgan fingerprint density at radius 2 is 2.10 bits per heavy atom. The molecule has 0 aliphatic carbocycles. The van der Waals surface area contributed by atoms with Gasteiger partial charge < -0.3 is 10.4 Å². The Hall–Kier alpha value is -2.53. The molecule has 0 saturated carbocycles. The minimum Gasteiger partial charge on any atom is -0.733 e. The number of rotatable bonds is 3. The predicted molar refractivity (Wildman–Crippen MR) is 78.9 cm³/mol. The van der Waals surface area contributed by atoms with Crippen LogP contribution in [0, 0.1) is 16.5 Å². The van der Waals surface area contributed by atoms with Crippen LogP contribution in [0.3, 0.4) is 0 Å². The van der Waals surface area contributed by atoms with Crippen molar-refractivity contribution in [3.63, 3.8) is 0 Å². The van der Waals surface area contributed by atoms with Crippen molar-refractivity contribution in [2.45, 2.75) is 5.92 Å². The molecule has 2 heterocycles. The van der Waals surface area contributed by atoms with Crippen molar-refractivity contribution >= 4 is 27.2 Å². The number of nitrogens with zero attached hydrogens (tertiary/aromatic N) is 4. The van der Waals surface area contributed by atoms with Crippen molar-refractivity contribution in [1.82, 2.24) is 9.97 Å². The van der Waals surface area contributed by atoms with E-state index in [4.69, 9.17) is 5.21 Å². The fourth-order valence-corrected chi connectivity index (χ4v) is 3.06. The first-order chi connectivity index (χ1) is 10.2. The van der Waals surface area contributed by atoms with Gasteiger partial charge in [-0.3, -0.25) is 10.2 Å². The summed E-state index contributed by atoms with van der Waals surface area (Å²) in [6, 6.07) is 12.6. The molecular formula is C14H9N4O2S-. The quantitative estimate of drug-likeness (QED) is 0.746. The van der Waals surface area contributed by atoms with Crippen molar-refractivity contribution in [3.05, 3.63) is 58.5 Å². The molecular weight excluding hydrogens is 288 g/mol. The van der Waals surface area contributed by atoms with E-state index in [0.29, 0.717) is 5.01 Å². The van der Waals surface area contributed by atoms with Crippen LogP contribution in [-0.4, -0.2) is 15.2 Å². The largest absolute Gasteiger partial charge is 0.733 e. The fraction of sp³-hybridized carbons (Fsp3) is 0.0714. The van der Waals surface area contributed by atoms with Gasteiger partial charge in [-0.15, -0.1) is 11.3 Å². The highest BCUT2D eigenvalue weighted by Crippen LogP contribution is 2.34. The number of hydrogen-bond acceptors (Lipinski definition) is 7. The molecule has 21 heavy (non-hydrogen) atoms. The highest BCUT2D eigenvalue weighted by Gasteiger charge is 2.22. The maximum Gasteiger partial charge on any atom is 0.142 e. The average molecular weight is 297 g/mol. The molecule has 1 atom stereocenters. The molecule has 0 radical (unpaired) electrons. The molecule has 7 heteroatoms. The lowest BCUT2D eigenvalue weighted by atomic mass is 10.1. The van der Waals surface area contributed by atoms with Gasteiger partial charge in [-0.2, -0.15) is 5.26 Å². The molecule has 3 rings (SSSR count). The van der Waals surface area contributed by atoms with Crippen LogP contribution in [0.5, 0.6) is 0 Å². The van der Waals surface area contributed by atoms with Crippen LogP contribution in [0.25, 0.3) is 10.2 Å². The number of benzene rings is 1. The van der Waals surface area contributed by atoms with Crippen molar-refractivity contribution in [1.29, 1.82) is 5.26 Å². The number of pyridine rings is 1. The molecule has 0 unspecified atom stereocenters. The Morgan fingerprint density at radius 1 is 1.29 bits per heavy atom. The Labute approximate surface area is 124 Å². The van der Waals surface area contributed by atoms with Crippen LogP contribution in [0.2, 0.25) is 0 Å². The van der Waals surface area contributed by atoms with Gasteiger partial charge >= 0.3 is 0 Å². The molecule has 0 spiro atoms. The highest BCUT2D eigenvalue weighted by atomic mass is 32.1. The van der Waals surface area contributed by atoms with Gasteiger partial charge in [0.1, 0.15) is 10.9 Å². The van der Waals surface area contributed by atoms with Gasteiger partial charge in [0.25, 0.3) is 0 Å². The van der Waals surface area contributed by atoms with Crippen molar-refractivity contribution < 1.29 is 5.21 Å². The van der Waals surface area contributed by atoms with Gasteiger partial charge in [0.05, 0.1) is 27.7 Å². The number of anilines is 1. The first kappa shape index (κ1) is 13.5. The van der Waals surface area contributed by atoms with Crippen LogP contribution in [-0.2, 0) is 0 Å². The lowest BCUT2D eigenvalue weighted by molar-refractivity contribution is 0.295. The predicted octanol–water partition coefficient (Wildman–Crippen LogP) is 3.04. The van der Waals surface area contributed by atoms with Gasteiger partial charge in [-0.05, 0) is 24.3 Å². The third-order valence-electron chi connectivity index (χ3n) is 2.98. The summed E-state index contributed by atoms with van der Waals surface area (Å²) < 4.78 is 0.952. The van der Waals surface area contributed by atoms with Crippen LogP contribution in [0.4, 0.5) is 5.69 Å². The van der Waals surface area contributed by atoms with E-state index in [9.17, 15) is 10.5 Å². The maximum atomic E-state index is 11.2. The second-order valence-corrected chi connectivity index (χ2v) is 5.32. The number of para-hydroxylation sites is 1. The molecule has 0 amide bonds. The van der Waals surface area contributed by atoms with Crippen LogP contribution in [0.15, 0.2) is 42.6 Å². The Balaban J connectivity index is 2.13. The molecule has 6 nitrogen and oxygen atoms in total. The molecule has 0 aliphatic heterocycles. The lowest BCUT2D eigenvalue weighted by Crippen LogP contribution is -2.13. The average Bonchev–Trinajstić information content (AvgIpc) is 2.92. The summed E-state index contributed by atoms with van der Waals surface area (Å²) in [4.78, 5) is 8.47. The zero-order chi connectivity index (χ0) is 14.8. The van der Waals surface area contributed by atoms with Gasteiger partial charge in [0.2, 0.25) is 0 Å². The Kier molecular flexibility index (Phi) is 3.50. The minimum absolute atomic E-state index is 0.0525. The molecule has 0 bridgehead atoms. The van der Waals surface area contributed by atoms with E-state index in [1.807, 2.05) is 24.3 Å². The van der Waals surface area contributed by atoms with E-state index in [0.717, 1.165) is 10.2 Å². The first-order valence-electron chi connectivity index (χ1n) is 6.07. The second kappa shape index (κ2) is 5.46. The summed E-state index contributed by atoms with van der Waals surface area (Å²) in [6.07, 6.45) is 1.47. The lowest BCUT2D eigenvalue weighted by Gasteiger charge is -2.24. The smallest absolute Gasteiger partial charge is 0.142 e. The van der Waals surface area contributed by atoms with Crippen LogP contribution < -0.4 is 5.23 Å². The molecule has 3 aromatic rings. The third kappa shape index (κ3) is 2.43. The number of nitriles is 1. The summed E-state index contributed by atoms with van der Waals surface area (Å²) in [6.45, 7) is 0. The van der Waals surface area contributed by atoms with E-state index in [2.05, 4.69) is 16.0 Å². The van der Waals surface area contributed by atoms with Gasteiger partial charge in [0.15, 0.2) is 0 Å². The zero-order valence-corrected chi connectivity index (χ0v) is 11.5. The van der Waals surface area contributed by atoms with E-state index in [-0.39, 0.29) is 16.6 Å². The number of thiazole rings is 1. The standard InChI is InChI=1S/C14H9N4O2S/c15-8-9(13-11(18(19)20)5-3-7-16-13)14-17-10-4-1-2-6-12(10)21-14/h1-7,9,19H/q-1/t9-/m1/s1. The SMILES string of the molecule is N#C[C@@H](c1nc2ccccc2s1)c1ncccc1N([O-])O. The summed E-state index contributed by atoms with van der Waals surface area (Å²) in [7, 11) is 0. The molecule has 1 aromatic carbocycles. The zero-order valence-electron chi connectivity index (χ0n) is 10.7. The Morgan fingerprint density at radius 3 is 2.81 bits per heavy atom. The summed E-state index contributed by atoms with van der Waals surface area (Å²) in [5.74, 6) is -0.804. The fourth-order valence-electron chi connectivity index (χ4n) is 2.04. The second-order valence-electron chi connectivity index (χ2n) is 4.26. The molecule has 1 N–H and O–H groups in total. The molecule has 104 valence electrons. The van der Waals surface area contributed by atoms with Gasteiger partial charge in [0, 0.05) is 6.20 Å². The third-order valence-corrected chi connectivity index (χ3v) is 4.08. The van der Waals surface area contributed by atoms with Crippen LogP contribution in [0.1, 0.15) is 16.6 Å². The Bertz CT molecular complexity index is 792. The summed E-state index contributed by atoms with van der Waals surface area (Å²) in [5.41, 5.74) is 0.929. The maximum absolute atomic E-state index is 11.2. The van der Waals surface area contributed by atoms with Crippen molar-refractivity contribution in [2.24, 2.45) is 0 Å². The van der Waals surface area contributed by atoms with E-state index in [1.165, 1.54) is 29.7 Å². The number of hydrogen-bond donors (Lipinski definition) is 1. The molecule has 0 saturated heterocycles. The molecule has 2 aromatic heterocycles. The summed E-state index contributed by atoms with van der Waals surface area (Å²) in [5, 5.41) is 30.0. The molecule has 0 fully saturated rings. The van der Waals surface area contributed by atoms with Crippen LogP contribution >= 0.6 is 11.3 Å². The van der Waals surface area contributed by atoms with Crippen molar-refractivity contribution in [2.75, 3.05) is 5.23 Å². The van der Waals surface area contributed by atoms with E-state index >= 15 is 0 Å². The topological polar surface area (TPSA) is 96.1 Å². The van der Waals surface area contributed by atoms with E-state index in [1.54, 1.807) is 0 Å². The number of fused-ring (bicyclic) bond motifs is 1.